The Kier molecular flexibility index (Phi) is 5.91. The largest absolute Gasteiger partial charge is 0.489 e. The van der Waals surface area contributed by atoms with Gasteiger partial charge in [-0.05, 0) is 70.7 Å². The topological polar surface area (TPSA) is 72.5 Å². The summed E-state index contributed by atoms with van der Waals surface area (Å²) < 4.78 is 11.7. The minimum absolute atomic E-state index is 0.0453. The zero-order chi connectivity index (χ0) is 17.7. The van der Waals surface area contributed by atoms with Crippen LogP contribution < -0.4 is 15.4 Å². The van der Waals surface area contributed by atoms with Crippen molar-refractivity contribution in [3.8, 4) is 5.75 Å². The Morgan fingerprint density at radius 3 is 2.64 bits per heavy atom. The lowest BCUT2D eigenvalue weighted by atomic mass is 9.88. The number of amides is 1. The highest BCUT2D eigenvalue weighted by molar-refractivity contribution is 5.85. The van der Waals surface area contributed by atoms with E-state index < -0.39 is 5.60 Å². The third kappa shape index (κ3) is 4.30. The highest BCUT2D eigenvalue weighted by atomic mass is 16.5. The average Bonchev–Trinajstić information content (AvgIpc) is 2.65. The van der Waals surface area contributed by atoms with Gasteiger partial charge in [0.1, 0.15) is 11.4 Å². The van der Waals surface area contributed by atoms with E-state index in [1.54, 1.807) is 13.3 Å². The summed E-state index contributed by atoms with van der Waals surface area (Å²) in [6.07, 6.45) is 7.21. The number of rotatable bonds is 5. The van der Waals surface area contributed by atoms with E-state index in [0.29, 0.717) is 0 Å². The molecule has 0 radical (unpaired) electrons. The predicted molar refractivity (Wildman–Crippen MR) is 95.6 cm³/mol. The third-order valence-corrected chi connectivity index (χ3v) is 5.48. The minimum Gasteiger partial charge on any atom is -0.489 e. The van der Waals surface area contributed by atoms with Gasteiger partial charge in [0.15, 0.2) is 0 Å². The Morgan fingerprint density at radius 2 is 2.00 bits per heavy atom. The maximum Gasteiger partial charge on any atom is 0.252 e. The average molecular weight is 347 g/mol. The van der Waals surface area contributed by atoms with Gasteiger partial charge in [-0.25, -0.2) is 0 Å². The SMILES string of the molecule is COC1(C(=O)NC2CCC(Oc3cccnc3C)CC2)CCNCC1. The Balaban J connectivity index is 1.49. The molecule has 1 saturated heterocycles. The normalized spacial score (nSPS) is 26.0. The summed E-state index contributed by atoms with van der Waals surface area (Å²) in [7, 11) is 1.64. The Morgan fingerprint density at radius 1 is 1.28 bits per heavy atom. The summed E-state index contributed by atoms with van der Waals surface area (Å²) >= 11 is 0. The Labute approximate surface area is 149 Å². The molecule has 6 nitrogen and oxygen atoms in total. The summed E-state index contributed by atoms with van der Waals surface area (Å²) in [6.45, 7) is 3.61. The lowest BCUT2D eigenvalue weighted by Crippen LogP contribution is -2.56. The van der Waals surface area contributed by atoms with Gasteiger partial charge in [0.2, 0.25) is 0 Å². The molecule has 1 aromatic rings. The molecule has 2 fully saturated rings. The van der Waals surface area contributed by atoms with Crippen molar-refractivity contribution in [3.63, 3.8) is 0 Å². The first-order valence-electron chi connectivity index (χ1n) is 9.28. The van der Waals surface area contributed by atoms with Gasteiger partial charge < -0.3 is 20.1 Å². The summed E-state index contributed by atoms with van der Waals surface area (Å²) in [4.78, 5) is 17.0. The highest BCUT2D eigenvalue weighted by Crippen LogP contribution is 2.27. The van der Waals surface area contributed by atoms with Gasteiger partial charge in [0.25, 0.3) is 5.91 Å². The fourth-order valence-electron chi connectivity index (χ4n) is 3.77. The number of carbonyl (C=O) groups excluding carboxylic acids is 1. The van der Waals surface area contributed by atoms with Gasteiger partial charge in [-0.2, -0.15) is 0 Å². The monoisotopic (exact) mass is 347 g/mol. The Bertz CT molecular complexity index is 579. The first-order chi connectivity index (χ1) is 12.1. The van der Waals surface area contributed by atoms with E-state index in [1.165, 1.54) is 0 Å². The summed E-state index contributed by atoms with van der Waals surface area (Å²) in [6, 6.07) is 4.08. The van der Waals surface area contributed by atoms with Crippen LogP contribution in [0.3, 0.4) is 0 Å². The number of carbonyl (C=O) groups is 1. The molecule has 0 spiro atoms. The number of methoxy groups -OCH3 is 1. The number of piperidine rings is 1. The number of nitrogens with zero attached hydrogens (tertiary/aromatic N) is 1. The summed E-state index contributed by atoms with van der Waals surface area (Å²) in [5, 5.41) is 6.50. The van der Waals surface area contributed by atoms with Gasteiger partial charge in [0, 0.05) is 19.3 Å². The molecule has 2 heterocycles. The number of ether oxygens (including phenoxy) is 2. The molecule has 1 amide bonds. The quantitative estimate of drug-likeness (QED) is 0.852. The van der Waals surface area contributed by atoms with E-state index in [4.69, 9.17) is 9.47 Å². The van der Waals surface area contributed by atoms with Gasteiger partial charge in [-0.1, -0.05) is 0 Å². The van der Waals surface area contributed by atoms with Crippen LogP contribution in [-0.4, -0.2) is 48.8 Å². The molecule has 0 unspecified atom stereocenters. The zero-order valence-electron chi connectivity index (χ0n) is 15.2. The van der Waals surface area contributed by atoms with Crippen LogP contribution >= 0.6 is 0 Å². The molecule has 3 rings (SSSR count). The lowest BCUT2D eigenvalue weighted by Gasteiger charge is -2.37. The van der Waals surface area contributed by atoms with Crippen molar-refractivity contribution >= 4 is 5.91 Å². The fourth-order valence-corrected chi connectivity index (χ4v) is 3.77. The molecule has 2 N–H and O–H groups in total. The van der Waals surface area contributed by atoms with Crippen molar-refractivity contribution in [2.75, 3.05) is 20.2 Å². The Hall–Kier alpha value is -1.66. The van der Waals surface area contributed by atoms with Crippen LogP contribution in [0.2, 0.25) is 0 Å². The standard InChI is InChI=1S/C19H29N3O3/c1-14-17(4-3-11-21-14)25-16-7-5-15(6-8-16)22-18(23)19(24-2)9-12-20-13-10-19/h3-4,11,15-16,20H,5-10,12-13H2,1-2H3,(H,22,23). The number of hydrogen-bond donors (Lipinski definition) is 2. The van der Waals surface area contributed by atoms with Crippen LogP contribution in [0.1, 0.15) is 44.2 Å². The second-order valence-electron chi connectivity index (χ2n) is 7.10. The maximum absolute atomic E-state index is 12.7. The van der Waals surface area contributed by atoms with Crippen molar-refractivity contribution in [1.82, 2.24) is 15.6 Å². The molecule has 0 atom stereocenters. The highest BCUT2D eigenvalue weighted by Gasteiger charge is 2.40. The van der Waals surface area contributed by atoms with Crippen LogP contribution in [0.4, 0.5) is 0 Å². The third-order valence-electron chi connectivity index (χ3n) is 5.48. The van der Waals surface area contributed by atoms with E-state index in [1.807, 2.05) is 19.1 Å². The van der Waals surface area contributed by atoms with Crippen LogP contribution in [0.25, 0.3) is 0 Å². The predicted octanol–water partition coefficient (Wildman–Crippen LogP) is 1.96. The molecule has 1 aliphatic carbocycles. The van der Waals surface area contributed by atoms with Gasteiger partial charge >= 0.3 is 0 Å². The van der Waals surface area contributed by atoms with E-state index >= 15 is 0 Å². The molecule has 0 aromatic carbocycles. The van der Waals surface area contributed by atoms with Crippen molar-refractivity contribution < 1.29 is 14.3 Å². The second kappa shape index (κ2) is 8.15. The molecular formula is C19H29N3O3. The minimum atomic E-state index is -0.661. The smallest absolute Gasteiger partial charge is 0.252 e. The van der Waals surface area contributed by atoms with Gasteiger partial charge in [-0.3, -0.25) is 9.78 Å². The molecular weight excluding hydrogens is 318 g/mol. The van der Waals surface area contributed by atoms with Gasteiger partial charge in [0.05, 0.1) is 11.8 Å². The second-order valence-corrected chi connectivity index (χ2v) is 7.10. The van der Waals surface area contributed by atoms with Crippen molar-refractivity contribution in [1.29, 1.82) is 0 Å². The van der Waals surface area contributed by atoms with E-state index in [9.17, 15) is 4.79 Å². The fraction of sp³-hybridized carbons (Fsp3) is 0.684. The molecule has 1 aliphatic heterocycles. The molecule has 25 heavy (non-hydrogen) atoms. The number of aryl methyl sites for hydroxylation is 1. The summed E-state index contributed by atoms with van der Waals surface area (Å²) in [5.41, 5.74) is 0.261. The van der Waals surface area contributed by atoms with Crippen molar-refractivity contribution in [2.24, 2.45) is 0 Å². The number of nitrogens with one attached hydrogen (secondary N) is 2. The van der Waals surface area contributed by atoms with Crippen LogP contribution in [0, 0.1) is 6.92 Å². The van der Waals surface area contributed by atoms with E-state index in [2.05, 4.69) is 15.6 Å². The number of pyridine rings is 1. The molecule has 0 bridgehead atoms. The van der Waals surface area contributed by atoms with Crippen LogP contribution in [0.15, 0.2) is 18.3 Å². The molecule has 1 aromatic heterocycles. The molecule has 138 valence electrons. The zero-order valence-corrected chi connectivity index (χ0v) is 15.2. The van der Waals surface area contributed by atoms with Crippen molar-refractivity contribution in [2.45, 2.75) is 63.2 Å². The summed E-state index contributed by atoms with van der Waals surface area (Å²) in [5.74, 6) is 0.909. The van der Waals surface area contributed by atoms with Crippen LogP contribution in [0.5, 0.6) is 5.75 Å². The molecule has 2 aliphatic rings. The van der Waals surface area contributed by atoms with Gasteiger partial charge in [-0.15, -0.1) is 0 Å². The molecule has 1 saturated carbocycles. The van der Waals surface area contributed by atoms with E-state index in [-0.39, 0.29) is 18.1 Å². The number of aromatic nitrogens is 1. The van der Waals surface area contributed by atoms with Crippen LogP contribution in [-0.2, 0) is 9.53 Å². The van der Waals surface area contributed by atoms with Crippen molar-refractivity contribution in [3.05, 3.63) is 24.0 Å². The maximum atomic E-state index is 12.7. The first kappa shape index (κ1) is 18.1. The molecule has 6 heteroatoms. The first-order valence-corrected chi connectivity index (χ1v) is 9.28. The lowest BCUT2D eigenvalue weighted by molar-refractivity contribution is -0.147. The van der Waals surface area contributed by atoms with E-state index in [0.717, 1.165) is 63.1 Å². The number of hydrogen-bond acceptors (Lipinski definition) is 5.